The van der Waals surface area contributed by atoms with E-state index in [1.807, 2.05) is 6.92 Å². The van der Waals surface area contributed by atoms with Crippen LogP contribution in [-0.2, 0) is 4.74 Å². The molecule has 0 rings (SSSR count). The first kappa shape index (κ1) is 13.8. The fourth-order valence-electron chi connectivity index (χ4n) is 0.776. The smallest absolute Gasteiger partial charge is 0.341 e. The Morgan fingerprint density at radius 1 is 1.31 bits per heavy atom. The minimum absolute atomic E-state index is 0.630. The highest BCUT2D eigenvalue weighted by Crippen LogP contribution is 2.26. The lowest BCUT2D eigenvalue weighted by Gasteiger charge is -2.07. The highest BCUT2D eigenvalue weighted by molar-refractivity contribution is 7.64. The Kier molecular flexibility index (Phi) is 7.56. The monoisotopic (exact) mass is 260 g/mol. The molecule has 0 bridgehead atoms. The van der Waals surface area contributed by atoms with Gasteiger partial charge in [-0.2, -0.15) is 0 Å². The number of halogens is 3. The summed E-state index contributed by atoms with van der Waals surface area (Å²) >= 11 is 17.1. The van der Waals surface area contributed by atoms with Crippen molar-refractivity contribution in [2.75, 3.05) is 13.2 Å². The van der Waals surface area contributed by atoms with Crippen LogP contribution in [0.1, 0.15) is 19.8 Å². The molecule has 0 amide bonds. The summed E-state index contributed by atoms with van der Waals surface area (Å²) in [4.78, 5) is 0. The largest absolute Gasteiger partial charge is 0.377 e. The zero-order valence-corrected chi connectivity index (χ0v) is 11.1. The highest BCUT2D eigenvalue weighted by atomic mass is 35.8. The van der Waals surface area contributed by atoms with Gasteiger partial charge in [0.15, 0.2) is 0 Å². The van der Waals surface area contributed by atoms with Gasteiger partial charge in [0.25, 0.3) is 0 Å². The van der Waals surface area contributed by atoms with E-state index in [-0.39, 0.29) is 0 Å². The third-order valence-corrected chi connectivity index (χ3v) is 3.97. The van der Waals surface area contributed by atoms with Crippen LogP contribution in [-0.4, -0.2) is 19.2 Å². The van der Waals surface area contributed by atoms with E-state index in [2.05, 4.69) is 6.58 Å². The second-order valence-corrected chi connectivity index (χ2v) is 12.4. The molecular weight excluding hydrogens is 247 g/mol. The lowest BCUT2D eigenvalue weighted by Crippen LogP contribution is -2.08. The Balaban J connectivity index is 3.13. The number of rotatable bonds is 7. The molecule has 0 aliphatic rings. The quantitative estimate of drug-likeness (QED) is 0.291. The Morgan fingerprint density at radius 3 is 2.38 bits per heavy atom. The average Bonchev–Trinajstić information content (AvgIpc) is 1.93. The molecule has 0 saturated heterocycles. The molecule has 0 N–H and O–H groups in total. The molecule has 0 atom stereocenters. The van der Waals surface area contributed by atoms with Gasteiger partial charge >= 0.3 is 6.00 Å². The molecule has 0 heterocycles. The summed E-state index contributed by atoms with van der Waals surface area (Å²) in [5, 5.41) is 0. The minimum Gasteiger partial charge on any atom is -0.377 e. The second-order valence-electron chi connectivity index (χ2n) is 3.08. The number of ether oxygens (including phenoxy) is 1. The van der Waals surface area contributed by atoms with Gasteiger partial charge in [0.2, 0.25) is 0 Å². The molecule has 0 fully saturated rings. The Hall–Kier alpha value is 0.787. The van der Waals surface area contributed by atoms with Crippen molar-refractivity contribution in [1.82, 2.24) is 0 Å². The molecule has 0 aliphatic heterocycles. The van der Waals surface area contributed by atoms with Crippen LogP contribution in [0.25, 0.3) is 0 Å². The van der Waals surface area contributed by atoms with Crippen LogP contribution in [0.5, 0.6) is 0 Å². The Morgan fingerprint density at radius 2 is 1.92 bits per heavy atom. The van der Waals surface area contributed by atoms with E-state index in [9.17, 15) is 0 Å². The SMILES string of the molecule is C=C(C)COCCCC[Si](Cl)(Cl)Cl. The van der Waals surface area contributed by atoms with Gasteiger partial charge in [-0.1, -0.05) is 18.6 Å². The predicted molar refractivity (Wildman–Crippen MR) is 63.0 cm³/mol. The van der Waals surface area contributed by atoms with Crippen LogP contribution in [0.2, 0.25) is 6.04 Å². The molecule has 1 nitrogen and oxygen atoms in total. The first-order valence-corrected chi connectivity index (χ1v) is 9.45. The molecular formula is C8H15Cl3OSi. The van der Waals surface area contributed by atoms with Crippen molar-refractivity contribution in [3.63, 3.8) is 0 Å². The lowest BCUT2D eigenvalue weighted by molar-refractivity contribution is 0.153. The first-order valence-electron chi connectivity index (χ1n) is 4.20. The molecule has 0 unspecified atom stereocenters. The summed E-state index contributed by atoms with van der Waals surface area (Å²) in [6, 6.07) is -1.68. The van der Waals surface area contributed by atoms with Crippen molar-refractivity contribution < 1.29 is 4.74 Å². The first-order chi connectivity index (χ1) is 5.92. The van der Waals surface area contributed by atoms with Crippen LogP contribution in [0, 0.1) is 0 Å². The summed E-state index contributed by atoms with van der Waals surface area (Å²) in [6.45, 7) is 7.02. The third kappa shape index (κ3) is 12.8. The highest BCUT2D eigenvalue weighted by Gasteiger charge is 2.23. The fourth-order valence-corrected chi connectivity index (χ4v) is 2.63. The normalized spacial score (nSPS) is 11.7. The van der Waals surface area contributed by atoms with Crippen molar-refractivity contribution in [2.24, 2.45) is 0 Å². The summed E-state index contributed by atoms with van der Waals surface area (Å²) in [5.74, 6) is 0. The topological polar surface area (TPSA) is 9.23 Å². The summed E-state index contributed by atoms with van der Waals surface area (Å²) in [6.07, 6.45) is 1.88. The fraction of sp³-hybridized carbons (Fsp3) is 0.750. The van der Waals surface area contributed by atoms with Crippen LogP contribution >= 0.6 is 33.2 Å². The zero-order chi connectivity index (χ0) is 10.3. The standard InChI is InChI=1S/C8H15Cl3OSi/c1-8(2)7-12-5-3-4-6-13(9,10)11/h1,3-7H2,2H3. The molecule has 13 heavy (non-hydrogen) atoms. The van der Waals surface area contributed by atoms with Crippen LogP contribution < -0.4 is 0 Å². The molecule has 0 spiro atoms. The molecule has 78 valence electrons. The molecule has 0 aromatic rings. The lowest BCUT2D eigenvalue weighted by atomic mass is 10.3. The summed E-state index contributed by atoms with van der Waals surface area (Å²) in [5.41, 5.74) is 1.04. The van der Waals surface area contributed by atoms with Gasteiger partial charge in [-0.3, -0.25) is 0 Å². The van der Waals surface area contributed by atoms with Gasteiger partial charge in [-0.15, -0.1) is 33.2 Å². The van der Waals surface area contributed by atoms with Gasteiger partial charge < -0.3 is 4.74 Å². The van der Waals surface area contributed by atoms with E-state index < -0.39 is 6.00 Å². The zero-order valence-electron chi connectivity index (χ0n) is 7.78. The molecule has 0 saturated carbocycles. The molecule has 5 heteroatoms. The molecule has 0 aromatic heterocycles. The van der Waals surface area contributed by atoms with Crippen LogP contribution in [0.15, 0.2) is 12.2 Å². The summed E-state index contributed by atoms with van der Waals surface area (Å²) in [7, 11) is 0. The van der Waals surface area contributed by atoms with Gasteiger partial charge in [0, 0.05) is 6.61 Å². The number of hydrogen-bond acceptors (Lipinski definition) is 1. The maximum atomic E-state index is 5.71. The predicted octanol–water partition coefficient (Wildman–Crippen LogP) is 4.01. The summed E-state index contributed by atoms with van der Waals surface area (Å²) < 4.78 is 5.30. The van der Waals surface area contributed by atoms with Gasteiger partial charge in [-0.05, 0) is 19.4 Å². The van der Waals surface area contributed by atoms with Gasteiger partial charge in [-0.25, -0.2) is 0 Å². The van der Waals surface area contributed by atoms with Crippen molar-refractivity contribution >= 4 is 39.2 Å². The van der Waals surface area contributed by atoms with E-state index in [1.165, 1.54) is 0 Å². The number of hydrogen-bond donors (Lipinski definition) is 0. The van der Waals surface area contributed by atoms with Crippen molar-refractivity contribution in [1.29, 1.82) is 0 Å². The maximum Gasteiger partial charge on any atom is 0.341 e. The van der Waals surface area contributed by atoms with E-state index in [0.29, 0.717) is 12.7 Å². The average molecular weight is 262 g/mol. The van der Waals surface area contributed by atoms with Crippen molar-refractivity contribution in [2.45, 2.75) is 25.8 Å². The van der Waals surface area contributed by atoms with E-state index in [4.69, 9.17) is 38.0 Å². The van der Waals surface area contributed by atoms with E-state index in [0.717, 1.165) is 25.0 Å². The van der Waals surface area contributed by atoms with Gasteiger partial charge in [0.05, 0.1) is 6.61 Å². The Bertz CT molecular complexity index is 156. The molecule has 0 aromatic carbocycles. The maximum absolute atomic E-state index is 5.71. The Labute approximate surface area is 95.1 Å². The van der Waals surface area contributed by atoms with Crippen LogP contribution in [0.3, 0.4) is 0 Å². The molecule has 0 aliphatic carbocycles. The van der Waals surface area contributed by atoms with Crippen LogP contribution in [0.4, 0.5) is 0 Å². The second kappa shape index (κ2) is 7.13. The van der Waals surface area contributed by atoms with Crippen molar-refractivity contribution in [3.8, 4) is 0 Å². The van der Waals surface area contributed by atoms with E-state index >= 15 is 0 Å². The third-order valence-electron chi connectivity index (χ3n) is 1.35. The number of unbranched alkanes of at least 4 members (excludes halogenated alkanes) is 1. The van der Waals surface area contributed by atoms with Crippen molar-refractivity contribution in [3.05, 3.63) is 12.2 Å². The van der Waals surface area contributed by atoms with Gasteiger partial charge in [0.1, 0.15) is 0 Å². The molecule has 0 radical (unpaired) electrons. The minimum atomic E-state index is -2.40. The van der Waals surface area contributed by atoms with E-state index in [1.54, 1.807) is 0 Å².